The maximum Gasteiger partial charge on any atom is 0.322 e. The van der Waals surface area contributed by atoms with Gasteiger partial charge in [0.2, 0.25) is 0 Å². The van der Waals surface area contributed by atoms with E-state index in [9.17, 15) is 4.79 Å². The molecule has 0 unspecified atom stereocenters. The summed E-state index contributed by atoms with van der Waals surface area (Å²) in [7, 11) is 0. The Labute approximate surface area is 124 Å². The molecular formula is C14H22N4O3. The molecule has 3 rings (SSSR count). The number of ether oxygens (including phenoxy) is 1. The first-order chi connectivity index (χ1) is 10.2. The molecule has 7 nitrogen and oxygen atoms in total. The fraction of sp³-hybridized carbons (Fsp3) is 0.714. The molecule has 0 radical (unpaired) electrons. The molecule has 0 spiro atoms. The number of carbonyl (C=O) groups is 1. The smallest absolute Gasteiger partial charge is 0.322 e. The second-order valence-electron chi connectivity index (χ2n) is 5.55. The van der Waals surface area contributed by atoms with Crippen molar-refractivity contribution in [2.24, 2.45) is 0 Å². The number of nitrogens with zero attached hydrogens (tertiary/aromatic N) is 3. The summed E-state index contributed by atoms with van der Waals surface area (Å²) in [4.78, 5) is 16.7. The maximum absolute atomic E-state index is 12.4. The van der Waals surface area contributed by atoms with Gasteiger partial charge in [-0.2, -0.15) is 0 Å². The van der Waals surface area contributed by atoms with Gasteiger partial charge in [0.1, 0.15) is 11.4 Å². The van der Waals surface area contributed by atoms with Crippen molar-refractivity contribution in [3.8, 4) is 0 Å². The quantitative estimate of drug-likeness (QED) is 0.884. The molecule has 116 valence electrons. The minimum absolute atomic E-state index is 0.0822. The maximum atomic E-state index is 12.4. The number of aryl methyl sites for hydroxylation is 2. The lowest BCUT2D eigenvalue weighted by atomic mass is 10.1. The molecule has 7 heteroatoms. The Hall–Kier alpha value is -1.60. The molecule has 0 aliphatic carbocycles. The molecule has 1 atom stereocenters. The van der Waals surface area contributed by atoms with Crippen LogP contribution in [-0.2, 0) is 11.2 Å². The highest BCUT2D eigenvalue weighted by Crippen LogP contribution is 2.21. The van der Waals surface area contributed by atoms with Crippen LogP contribution < -0.4 is 5.32 Å². The third kappa shape index (κ3) is 2.89. The molecule has 1 aromatic rings. The van der Waals surface area contributed by atoms with Gasteiger partial charge in [0.15, 0.2) is 5.76 Å². The van der Waals surface area contributed by atoms with Crippen molar-refractivity contribution < 1.29 is 14.1 Å². The molecule has 1 aromatic heterocycles. The highest BCUT2D eigenvalue weighted by Gasteiger charge is 2.32. The number of anilines is 1. The van der Waals surface area contributed by atoms with Gasteiger partial charge in [0, 0.05) is 26.2 Å². The van der Waals surface area contributed by atoms with E-state index in [4.69, 9.17) is 9.26 Å². The van der Waals surface area contributed by atoms with Crippen LogP contribution in [0.5, 0.6) is 0 Å². The highest BCUT2D eigenvalue weighted by molar-refractivity contribution is 5.90. The van der Waals surface area contributed by atoms with Gasteiger partial charge in [-0.1, -0.05) is 12.1 Å². The van der Waals surface area contributed by atoms with Crippen LogP contribution in [0.4, 0.5) is 10.5 Å². The minimum atomic E-state index is -0.0822. The third-order valence-corrected chi connectivity index (χ3v) is 4.23. The van der Waals surface area contributed by atoms with Crippen LogP contribution in [0, 0.1) is 6.92 Å². The molecule has 2 saturated heterocycles. The molecule has 2 amide bonds. The zero-order valence-electron chi connectivity index (χ0n) is 12.6. The number of rotatable bonds is 2. The molecule has 0 bridgehead atoms. The highest BCUT2D eigenvalue weighted by atomic mass is 16.5. The number of hydrogen-bond donors (Lipinski definition) is 1. The minimum Gasteiger partial charge on any atom is -0.378 e. The second kappa shape index (κ2) is 6.03. The fourth-order valence-electron chi connectivity index (χ4n) is 2.94. The number of nitrogens with one attached hydrogen (secondary N) is 1. The normalized spacial score (nSPS) is 23.0. The van der Waals surface area contributed by atoms with E-state index in [2.05, 4.69) is 15.4 Å². The summed E-state index contributed by atoms with van der Waals surface area (Å²) in [6.45, 7) is 8.62. The number of aromatic nitrogens is 1. The monoisotopic (exact) mass is 294 g/mol. The lowest BCUT2D eigenvalue weighted by molar-refractivity contribution is -0.0355. The summed E-state index contributed by atoms with van der Waals surface area (Å²) in [5, 5.41) is 6.91. The first kappa shape index (κ1) is 14.3. The van der Waals surface area contributed by atoms with Crippen molar-refractivity contribution in [3.63, 3.8) is 0 Å². The van der Waals surface area contributed by atoms with E-state index >= 15 is 0 Å². The van der Waals surface area contributed by atoms with E-state index in [1.807, 2.05) is 18.7 Å². The zero-order valence-corrected chi connectivity index (χ0v) is 12.6. The molecule has 21 heavy (non-hydrogen) atoms. The summed E-state index contributed by atoms with van der Waals surface area (Å²) >= 11 is 0. The summed E-state index contributed by atoms with van der Waals surface area (Å²) in [6, 6.07) is 0.230. The summed E-state index contributed by atoms with van der Waals surface area (Å²) in [5.41, 5.74) is 1.50. The predicted molar refractivity (Wildman–Crippen MR) is 77.4 cm³/mol. The van der Waals surface area contributed by atoms with Crippen LogP contribution in [0.15, 0.2) is 4.52 Å². The Morgan fingerprint density at radius 1 is 1.43 bits per heavy atom. The van der Waals surface area contributed by atoms with E-state index < -0.39 is 0 Å². The van der Waals surface area contributed by atoms with E-state index in [1.54, 1.807) is 0 Å². The number of piperazine rings is 1. The molecular weight excluding hydrogens is 272 g/mol. The van der Waals surface area contributed by atoms with Gasteiger partial charge in [0.05, 0.1) is 19.3 Å². The van der Waals surface area contributed by atoms with Gasteiger partial charge in [-0.3, -0.25) is 4.90 Å². The van der Waals surface area contributed by atoms with Crippen molar-refractivity contribution in [2.45, 2.75) is 26.3 Å². The van der Waals surface area contributed by atoms with E-state index in [-0.39, 0.29) is 6.03 Å². The summed E-state index contributed by atoms with van der Waals surface area (Å²) in [6.07, 6.45) is 0.733. The second-order valence-corrected chi connectivity index (χ2v) is 5.55. The van der Waals surface area contributed by atoms with Crippen LogP contribution in [0.1, 0.15) is 18.4 Å². The van der Waals surface area contributed by atoms with Crippen molar-refractivity contribution in [2.75, 3.05) is 44.7 Å². The molecule has 0 saturated carbocycles. The Bertz CT molecular complexity index is 516. The Morgan fingerprint density at radius 3 is 3.10 bits per heavy atom. The van der Waals surface area contributed by atoms with Crippen LogP contribution in [0.3, 0.4) is 0 Å². The molecule has 2 aliphatic heterocycles. The molecule has 2 fully saturated rings. The number of carbonyl (C=O) groups excluding carboxylic acids is 1. The van der Waals surface area contributed by atoms with E-state index in [1.165, 1.54) is 0 Å². The lowest BCUT2D eigenvalue weighted by Crippen LogP contribution is -2.59. The molecule has 0 aromatic carbocycles. The van der Waals surface area contributed by atoms with E-state index in [0.29, 0.717) is 30.6 Å². The SMILES string of the molecule is CCc1noc(C)c1NC(=O)N1CCN2CCOC[C@@H]2C1. The third-order valence-electron chi connectivity index (χ3n) is 4.23. The van der Waals surface area contributed by atoms with Crippen molar-refractivity contribution in [1.29, 1.82) is 0 Å². The van der Waals surface area contributed by atoms with Gasteiger partial charge < -0.3 is 19.5 Å². The van der Waals surface area contributed by atoms with Crippen molar-refractivity contribution >= 4 is 11.7 Å². The Balaban J connectivity index is 1.64. The topological polar surface area (TPSA) is 70.8 Å². The van der Waals surface area contributed by atoms with Crippen molar-refractivity contribution in [3.05, 3.63) is 11.5 Å². The number of urea groups is 1. The number of hydrogen-bond acceptors (Lipinski definition) is 5. The molecule has 2 aliphatic rings. The van der Waals surface area contributed by atoms with Gasteiger partial charge in [0.25, 0.3) is 0 Å². The van der Waals surface area contributed by atoms with Gasteiger partial charge >= 0.3 is 6.03 Å². The fourth-order valence-corrected chi connectivity index (χ4v) is 2.94. The number of morpholine rings is 1. The largest absolute Gasteiger partial charge is 0.378 e. The van der Waals surface area contributed by atoms with Crippen LogP contribution in [0.2, 0.25) is 0 Å². The molecule has 3 heterocycles. The summed E-state index contributed by atoms with van der Waals surface area (Å²) < 4.78 is 10.7. The van der Waals surface area contributed by atoms with Gasteiger partial charge in [-0.05, 0) is 13.3 Å². The van der Waals surface area contributed by atoms with Crippen molar-refractivity contribution in [1.82, 2.24) is 15.0 Å². The first-order valence-electron chi connectivity index (χ1n) is 7.52. The van der Waals surface area contributed by atoms with E-state index in [0.717, 1.165) is 38.4 Å². The zero-order chi connectivity index (χ0) is 14.8. The predicted octanol–water partition coefficient (Wildman–Crippen LogP) is 1.09. The first-order valence-corrected chi connectivity index (χ1v) is 7.52. The average Bonchev–Trinajstić information content (AvgIpc) is 2.87. The number of fused-ring (bicyclic) bond motifs is 1. The number of amides is 2. The van der Waals surface area contributed by atoms with Gasteiger partial charge in [-0.25, -0.2) is 4.79 Å². The van der Waals surface area contributed by atoms with Gasteiger partial charge in [-0.15, -0.1) is 0 Å². The van der Waals surface area contributed by atoms with Crippen LogP contribution in [0.25, 0.3) is 0 Å². The summed E-state index contributed by atoms with van der Waals surface area (Å²) in [5.74, 6) is 0.653. The van der Waals surface area contributed by atoms with Crippen LogP contribution >= 0.6 is 0 Å². The molecule has 1 N–H and O–H groups in total. The Morgan fingerprint density at radius 2 is 2.29 bits per heavy atom. The standard InChI is InChI=1S/C14H22N4O3/c1-3-12-13(10(2)21-16-12)15-14(19)18-5-4-17-6-7-20-9-11(17)8-18/h11H,3-9H2,1-2H3,(H,15,19)/t11-/m0/s1. The lowest BCUT2D eigenvalue weighted by Gasteiger charge is -2.43. The van der Waals surface area contributed by atoms with Crippen LogP contribution in [-0.4, -0.2) is 66.4 Å². The average molecular weight is 294 g/mol. The Kier molecular flexibility index (Phi) is 4.12.